The van der Waals surface area contributed by atoms with E-state index >= 15 is 0 Å². The number of hydrogen-bond acceptors (Lipinski definition) is 5. The zero-order valence-electron chi connectivity index (χ0n) is 15.1. The van der Waals surface area contributed by atoms with Gasteiger partial charge in [-0.05, 0) is 17.7 Å². The summed E-state index contributed by atoms with van der Waals surface area (Å²) in [6, 6.07) is 3.54. The molecule has 0 bridgehead atoms. The van der Waals surface area contributed by atoms with Gasteiger partial charge in [-0.1, -0.05) is 12.0 Å². The van der Waals surface area contributed by atoms with Gasteiger partial charge in [-0.15, -0.1) is 6.42 Å². The summed E-state index contributed by atoms with van der Waals surface area (Å²) in [5.41, 5.74) is -2.85. The smallest absolute Gasteiger partial charge is 0.451 e. The molecule has 3 rings (SSSR count). The number of hydrogen-bond donors (Lipinski definition) is 0. The molecule has 30 heavy (non-hydrogen) atoms. The molecule has 1 aromatic heterocycles. The molecule has 0 unspecified atom stereocenters. The lowest BCUT2D eigenvalue weighted by atomic mass is 10.0. The zero-order chi connectivity index (χ0) is 22.3. The predicted molar refractivity (Wildman–Crippen MR) is 90.7 cm³/mol. The van der Waals surface area contributed by atoms with Crippen molar-refractivity contribution in [3.63, 3.8) is 0 Å². The Bertz CT molecular complexity index is 1040. The molecule has 1 aromatic carbocycles. The molecule has 1 amide bonds. The summed E-state index contributed by atoms with van der Waals surface area (Å²) >= 11 is 0. The molecular formula is C18H11F6N3O3. The lowest BCUT2D eigenvalue weighted by Gasteiger charge is -2.28. The number of rotatable bonds is 3. The molecule has 0 radical (unpaired) electrons. The van der Waals surface area contributed by atoms with Crippen LogP contribution in [0, 0.1) is 12.3 Å². The van der Waals surface area contributed by atoms with E-state index in [2.05, 4.69) is 15.9 Å². The highest BCUT2D eigenvalue weighted by Crippen LogP contribution is 2.44. The number of carbonyl (C=O) groups excluding carboxylic acids is 1. The Hall–Kier alpha value is -3.49. The fourth-order valence-corrected chi connectivity index (χ4v) is 2.80. The summed E-state index contributed by atoms with van der Waals surface area (Å²) in [5.74, 6) is -1.06. The number of methoxy groups -OCH3 is 1. The molecule has 0 N–H and O–H groups in total. The van der Waals surface area contributed by atoms with Gasteiger partial charge in [-0.3, -0.25) is 9.69 Å². The average molecular weight is 431 g/mol. The van der Waals surface area contributed by atoms with Gasteiger partial charge < -0.3 is 9.47 Å². The van der Waals surface area contributed by atoms with Crippen LogP contribution in [0.2, 0.25) is 0 Å². The average Bonchev–Trinajstić information content (AvgIpc) is 2.67. The van der Waals surface area contributed by atoms with Crippen LogP contribution in [0.4, 0.5) is 32.0 Å². The summed E-state index contributed by atoms with van der Waals surface area (Å²) in [5, 5.41) is 0. The van der Waals surface area contributed by atoms with Crippen molar-refractivity contribution < 1.29 is 40.6 Å². The number of anilines is 1. The minimum Gasteiger partial charge on any atom is -0.482 e. The summed E-state index contributed by atoms with van der Waals surface area (Å²) in [7, 11) is 0.877. The van der Waals surface area contributed by atoms with Crippen molar-refractivity contribution in [2.24, 2.45) is 0 Å². The van der Waals surface area contributed by atoms with Gasteiger partial charge in [0.2, 0.25) is 11.7 Å². The quantitative estimate of drug-likeness (QED) is 0.550. The van der Waals surface area contributed by atoms with Crippen LogP contribution >= 0.6 is 0 Å². The molecule has 0 spiro atoms. The maximum Gasteiger partial charge on any atom is 0.451 e. The normalized spacial score (nSPS) is 14.1. The molecule has 2 aromatic rings. The highest BCUT2D eigenvalue weighted by atomic mass is 19.4. The molecule has 2 heterocycles. The molecule has 1 aliphatic rings. The monoisotopic (exact) mass is 431 g/mol. The summed E-state index contributed by atoms with van der Waals surface area (Å²) < 4.78 is 89.7. The lowest BCUT2D eigenvalue weighted by molar-refractivity contribution is -0.152. The zero-order valence-corrected chi connectivity index (χ0v) is 15.1. The number of fused-ring (bicyclic) bond motifs is 1. The van der Waals surface area contributed by atoms with Crippen LogP contribution in [-0.2, 0) is 17.1 Å². The van der Waals surface area contributed by atoms with Crippen molar-refractivity contribution >= 4 is 11.6 Å². The number of ether oxygens (including phenoxy) is 2. The van der Waals surface area contributed by atoms with E-state index < -0.39 is 41.2 Å². The van der Waals surface area contributed by atoms with Crippen molar-refractivity contribution in [2.75, 3.05) is 25.2 Å². The number of alkyl halides is 6. The second-order valence-electron chi connectivity index (χ2n) is 5.93. The molecular weight excluding hydrogens is 420 g/mol. The van der Waals surface area contributed by atoms with Gasteiger partial charge in [-0.25, -0.2) is 4.98 Å². The van der Waals surface area contributed by atoms with Gasteiger partial charge in [-0.2, -0.15) is 31.3 Å². The van der Waals surface area contributed by atoms with Gasteiger partial charge in [0.1, 0.15) is 5.75 Å². The maximum absolute atomic E-state index is 13.6. The van der Waals surface area contributed by atoms with Crippen LogP contribution in [0.15, 0.2) is 18.2 Å². The van der Waals surface area contributed by atoms with Crippen molar-refractivity contribution in [1.29, 1.82) is 0 Å². The SMILES string of the molecule is C#CCN1C(=O)COc2ccc(-c3c(OC)nc(C(F)(F)F)nc3C(F)(F)F)cc21. The topological polar surface area (TPSA) is 64.6 Å². The van der Waals surface area contributed by atoms with E-state index in [4.69, 9.17) is 15.9 Å². The van der Waals surface area contributed by atoms with Crippen molar-refractivity contribution in [1.82, 2.24) is 9.97 Å². The Morgan fingerprint density at radius 1 is 1.20 bits per heavy atom. The maximum atomic E-state index is 13.6. The van der Waals surface area contributed by atoms with Crippen LogP contribution in [0.5, 0.6) is 11.6 Å². The number of terminal acetylenes is 1. The largest absolute Gasteiger partial charge is 0.482 e. The summed E-state index contributed by atoms with van der Waals surface area (Å²) in [6.45, 7) is -0.514. The van der Waals surface area contributed by atoms with E-state index in [1.165, 1.54) is 6.07 Å². The number of halogens is 6. The highest BCUT2D eigenvalue weighted by Gasteiger charge is 2.43. The Labute approximate surface area is 165 Å². The molecule has 1 aliphatic heterocycles. The molecule has 6 nitrogen and oxygen atoms in total. The van der Waals surface area contributed by atoms with Gasteiger partial charge in [0.25, 0.3) is 5.91 Å². The van der Waals surface area contributed by atoms with E-state index in [1.807, 2.05) is 0 Å². The van der Waals surface area contributed by atoms with Gasteiger partial charge >= 0.3 is 12.4 Å². The van der Waals surface area contributed by atoms with E-state index in [1.54, 1.807) is 0 Å². The molecule has 0 saturated heterocycles. The molecule has 12 heteroatoms. The Morgan fingerprint density at radius 2 is 1.90 bits per heavy atom. The van der Waals surface area contributed by atoms with Crippen molar-refractivity contribution in [3.8, 4) is 35.1 Å². The van der Waals surface area contributed by atoms with Crippen molar-refractivity contribution in [3.05, 3.63) is 29.7 Å². The molecule has 158 valence electrons. The minimum absolute atomic E-state index is 0.0526. The van der Waals surface area contributed by atoms with Gasteiger partial charge in [0.05, 0.1) is 24.9 Å². The van der Waals surface area contributed by atoms with Crippen LogP contribution in [0.3, 0.4) is 0 Å². The Morgan fingerprint density at radius 3 is 2.47 bits per heavy atom. The molecule has 0 saturated carbocycles. The molecule has 0 aliphatic carbocycles. The van der Waals surface area contributed by atoms with Crippen LogP contribution < -0.4 is 14.4 Å². The van der Waals surface area contributed by atoms with Crippen LogP contribution in [-0.4, -0.2) is 36.1 Å². The summed E-state index contributed by atoms with van der Waals surface area (Å²) in [6.07, 6.45) is -5.26. The first-order valence-electron chi connectivity index (χ1n) is 8.08. The fraction of sp³-hybridized carbons (Fsp3) is 0.278. The third-order valence-electron chi connectivity index (χ3n) is 4.03. The Kier molecular flexibility index (Phi) is 5.23. The van der Waals surface area contributed by atoms with Crippen molar-refractivity contribution in [2.45, 2.75) is 12.4 Å². The number of nitrogens with zero attached hydrogens (tertiary/aromatic N) is 3. The second kappa shape index (κ2) is 7.40. The first-order valence-corrected chi connectivity index (χ1v) is 8.08. The predicted octanol–water partition coefficient (Wildman–Crippen LogP) is 3.55. The van der Waals surface area contributed by atoms with Crippen LogP contribution in [0.1, 0.15) is 11.5 Å². The first kappa shape index (κ1) is 21.2. The van der Waals surface area contributed by atoms with Gasteiger partial charge in [0, 0.05) is 0 Å². The highest BCUT2D eigenvalue weighted by molar-refractivity contribution is 5.99. The van der Waals surface area contributed by atoms with Gasteiger partial charge in [0.15, 0.2) is 12.3 Å². The Balaban J connectivity index is 2.28. The minimum atomic E-state index is -5.26. The number of aromatic nitrogens is 2. The second-order valence-corrected chi connectivity index (χ2v) is 5.93. The summed E-state index contributed by atoms with van der Waals surface area (Å²) in [4.78, 5) is 18.9. The number of amides is 1. The number of carbonyl (C=O) groups is 1. The van der Waals surface area contributed by atoms with Crippen LogP contribution in [0.25, 0.3) is 11.1 Å². The van der Waals surface area contributed by atoms with E-state index in [-0.39, 0.29) is 30.2 Å². The third kappa shape index (κ3) is 3.83. The fourth-order valence-electron chi connectivity index (χ4n) is 2.80. The number of benzene rings is 1. The van der Waals surface area contributed by atoms with E-state index in [9.17, 15) is 31.1 Å². The van der Waals surface area contributed by atoms with E-state index in [0.29, 0.717) is 0 Å². The lowest BCUT2D eigenvalue weighted by Crippen LogP contribution is -2.39. The van der Waals surface area contributed by atoms with E-state index in [0.717, 1.165) is 24.1 Å². The third-order valence-corrected chi connectivity index (χ3v) is 4.03. The standard InChI is InChI=1S/C18H11F6N3O3/c1-3-6-27-10-7-9(4-5-11(10)30-8-12(27)28)13-14(17(19,20)21)25-16(18(22,23)24)26-15(13)29-2/h1,4-5,7H,6,8H2,2H3. The molecule has 0 fully saturated rings. The molecule has 0 atom stereocenters. The first-order chi connectivity index (χ1) is 14.0.